The average molecular weight is 230 g/mol. The minimum atomic E-state index is -1.11. The number of carbonyl (C=O) groups excluding carboxylic acids is 1. The van der Waals surface area contributed by atoms with Gasteiger partial charge in [0.25, 0.3) is 0 Å². The molecule has 6 nitrogen and oxygen atoms in total. The van der Waals surface area contributed by atoms with Crippen LogP contribution in [0.5, 0.6) is 0 Å². The minimum Gasteiger partial charge on any atom is -0.480 e. The molecule has 16 heavy (non-hydrogen) atoms. The van der Waals surface area contributed by atoms with E-state index in [1.54, 1.807) is 6.92 Å². The topological polar surface area (TPSA) is 98.7 Å². The molecule has 2 unspecified atom stereocenters. The standard InChI is InChI=1S/C10H18N2O4/c1-6(7-4-11-5-7)9(14)12-8(2-3-13)10(15)16/h6-8,11,13H,2-5H2,1H3,(H,12,14)(H,15,16). The van der Waals surface area contributed by atoms with Crippen LogP contribution in [-0.2, 0) is 9.59 Å². The molecule has 1 rings (SSSR count). The SMILES string of the molecule is CC(C(=O)NC(CCO)C(=O)O)C1CNC1. The van der Waals surface area contributed by atoms with Gasteiger partial charge < -0.3 is 20.8 Å². The normalized spacial score (nSPS) is 19.6. The second-order valence-electron chi connectivity index (χ2n) is 4.12. The smallest absolute Gasteiger partial charge is 0.326 e. The van der Waals surface area contributed by atoms with Gasteiger partial charge in [-0.15, -0.1) is 0 Å². The van der Waals surface area contributed by atoms with Crippen LogP contribution in [0.2, 0.25) is 0 Å². The highest BCUT2D eigenvalue weighted by Gasteiger charge is 2.30. The summed E-state index contributed by atoms with van der Waals surface area (Å²) in [6.45, 7) is 3.13. The maximum atomic E-state index is 11.7. The number of aliphatic hydroxyl groups excluding tert-OH is 1. The fourth-order valence-electron chi connectivity index (χ4n) is 1.57. The number of amides is 1. The van der Waals surface area contributed by atoms with E-state index in [0.717, 1.165) is 13.1 Å². The van der Waals surface area contributed by atoms with Gasteiger partial charge in [0.2, 0.25) is 5.91 Å². The van der Waals surface area contributed by atoms with Crippen molar-refractivity contribution in [2.24, 2.45) is 11.8 Å². The number of nitrogens with one attached hydrogen (secondary N) is 2. The lowest BCUT2D eigenvalue weighted by molar-refractivity contribution is -0.143. The van der Waals surface area contributed by atoms with Crippen molar-refractivity contribution in [3.63, 3.8) is 0 Å². The summed E-state index contributed by atoms with van der Waals surface area (Å²) in [4.78, 5) is 22.4. The Bertz CT molecular complexity index is 266. The Balaban J connectivity index is 2.43. The highest BCUT2D eigenvalue weighted by atomic mass is 16.4. The van der Waals surface area contributed by atoms with Crippen molar-refractivity contribution < 1.29 is 19.8 Å². The van der Waals surface area contributed by atoms with E-state index in [9.17, 15) is 9.59 Å². The van der Waals surface area contributed by atoms with E-state index in [4.69, 9.17) is 10.2 Å². The molecule has 1 saturated heterocycles. The van der Waals surface area contributed by atoms with Crippen LogP contribution in [0.4, 0.5) is 0 Å². The molecule has 4 N–H and O–H groups in total. The van der Waals surface area contributed by atoms with Gasteiger partial charge in [-0.3, -0.25) is 4.79 Å². The molecule has 0 aromatic carbocycles. The third kappa shape index (κ3) is 3.18. The lowest BCUT2D eigenvalue weighted by Gasteiger charge is -2.32. The highest BCUT2D eigenvalue weighted by Crippen LogP contribution is 2.16. The molecule has 0 spiro atoms. The molecule has 2 atom stereocenters. The summed E-state index contributed by atoms with van der Waals surface area (Å²) < 4.78 is 0. The molecule has 6 heteroatoms. The number of aliphatic hydroxyl groups is 1. The van der Waals surface area contributed by atoms with Crippen LogP contribution in [0.3, 0.4) is 0 Å². The van der Waals surface area contributed by atoms with Gasteiger partial charge in [0, 0.05) is 18.9 Å². The molecule has 0 aromatic rings. The number of hydrogen-bond acceptors (Lipinski definition) is 4. The van der Waals surface area contributed by atoms with Crippen molar-refractivity contribution >= 4 is 11.9 Å². The van der Waals surface area contributed by atoms with Gasteiger partial charge in [-0.2, -0.15) is 0 Å². The second-order valence-corrected chi connectivity index (χ2v) is 4.12. The van der Waals surface area contributed by atoms with Crippen LogP contribution in [-0.4, -0.2) is 47.8 Å². The lowest BCUT2D eigenvalue weighted by atomic mass is 9.88. The van der Waals surface area contributed by atoms with Crippen LogP contribution >= 0.6 is 0 Å². The molecule has 0 aromatic heterocycles. The van der Waals surface area contributed by atoms with Gasteiger partial charge in [0.15, 0.2) is 0 Å². The monoisotopic (exact) mass is 230 g/mol. The molecule has 0 saturated carbocycles. The van der Waals surface area contributed by atoms with Gasteiger partial charge in [0.05, 0.1) is 0 Å². The number of carboxylic acids is 1. The number of hydrogen-bond donors (Lipinski definition) is 4. The first-order valence-electron chi connectivity index (χ1n) is 5.41. The summed E-state index contributed by atoms with van der Waals surface area (Å²) in [6.07, 6.45) is 0.0384. The summed E-state index contributed by atoms with van der Waals surface area (Å²) in [6, 6.07) is -0.993. The lowest BCUT2D eigenvalue weighted by Crippen LogP contribution is -2.52. The zero-order valence-corrected chi connectivity index (χ0v) is 9.27. The van der Waals surface area contributed by atoms with Gasteiger partial charge >= 0.3 is 5.97 Å². The highest BCUT2D eigenvalue weighted by molar-refractivity contribution is 5.85. The first kappa shape index (κ1) is 12.9. The molecule has 0 radical (unpaired) electrons. The Morgan fingerprint density at radius 3 is 2.50 bits per heavy atom. The Kier molecular flexibility index (Phi) is 4.70. The number of rotatable bonds is 6. The van der Waals surface area contributed by atoms with E-state index < -0.39 is 12.0 Å². The summed E-state index contributed by atoms with van der Waals surface area (Å²) >= 11 is 0. The molecule has 1 fully saturated rings. The van der Waals surface area contributed by atoms with Crippen molar-refractivity contribution in [2.45, 2.75) is 19.4 Å². The van der Waals surface area contributed by atoms with Gasteiger partial charge in [-0.05, 0) is 19.0 Å². The quantitative estimate of drug-likeness (QED) is 0.459. The first-order valence-corrected chi connectivity index (χ1v) is 5.41. The summed E-state index contributed by atoms with van der Waals surface area (Å²) in [5.74, 6) is -1.28. The molecular weight excluding hydrogens is 212 g/mol. The maximum absolute atomic E-state index is 11.7. The predicted octanol–water partition coefficient (Wildman–Crippen LogP) is -1.21. The Morgan fingerprint density at radius 1 is 1.50 bits per heavy atom. The van der Waals surface area contributed by atoms with E-state index in [-0.39, 0.29) is 30.8 Å². The first-order chi connectivity index (χ1) is 7.56. The van der Waals surface area contributed by atoms with E-state index in [1.807, 2.05) is 0 Å². The van der Waals surface area contributed by atoms with Crippen molar-refractivity contribution in [1.82, 2.24) is 10.6 Å². The molecule has 92 valence electrons. The molecule has 0 bridgehead atoms. The van der Waals surface area contributed by atoms with Crippen molar-refractivity contribution in [3.8, 4) is 0 Å². The Labute approximate surface area is 94.0 Å². The van der Waals surface area contributed by atoms with Crippen LogP contribution in [0.25, 0.3) is 0 Å². The number of aliphatic carboxylic acids is 1. The minimum absolute atomic E-state index is 0.0384. The van der Waals surface area contributed by atoms with E-state index in [2.05, 4.69) is 10.6 Å². The second kappa shape index (κ2) is 5.81. The molecule has 0 aliphatic carbocycles. The fraction of sp³-hybridized carbons (Fsp3) is 0.800. The number of carbonyl (C=O) groups is 2. The van der Waals surface area contributed by atoms with Crippen LogP contribution in [0.15, 0.2) is 0 Å². The Morgan fingerprint density at radius 2 is 2.12 bits per heavy atom. The summed E-state index contributed by atoms with van der Waals surface area (Å²) in [5, 5.41) is 23.0. The molecular formula is C10H18N2O4. The van der Waals surface area contributed by atoms with Crippen molar-refractivity contribution in [2.75, 3.05) is 19.7 Å². The van der Waals surface area contributed by atoms with Crippen LogP contribution < -0.4 is 10.6 Å². The van der Waals surface area contributed by atoms with Crippen molar-refractivity contribution in [1.29, 1.82) is 0 Å². The molecule has 1 heterocycles. The van der Waals surface area contributed by atoms with Gasteiger partial charge in [0.1, 0.15) is 6.04 Å². The van der Waals surface area contributed by atoms with E-state index in [1.165, 1.54) is 0 Å². The number of carboxylic acid groups (broad SMARTS) is 1. The third-order valence-corrected chi connectivity index (χ3v) is 2.97. The average Bonchev–Trinajstić information content (AvgIpc) is 2.13. The van der Waals surface area contributed by atoms with E-state index in [0.29, 0.717) is 0 Å². The van der Waals surface area contributed by atoms with Gasteiger partial charge in [-0.1, -0.05) is 6.92 Å². The zero-order valence-electron chi connectivity index (χ0n) is 9.27. The summed E-state index contributed by atoms with van der Waals surface area (Å²) in [5.41, 5.74) is 0. The van der Waals surface area contributed by atoms with Crippen molar-refractivity contribution in [3.05, 3.63) is 0 Å². The van der Waals surface area contributed by atoms with Crippen LogP contribution in [0.1, 0.15) is 13.3 Å². The zero-order chi connectivity index (χ0) is 12.1. The molecule has 1 aliphatic heterocycles. The van der Waals surface area contributed by atoms with E-state index >= 15 is 0 Å². The maximum Gasteiger partial charge on any atom is 0.326 e. The molecule has 1 aliphatic rings. The predicted molar refractivity (Wildman–Crippen MR) is 56.8 cm³/mol. The summed E-state index contributed by atoms with van der Waals surface area (Å²) in [7, 11) is 0. The third-order valence-electron chi connectivity index (χ3n) is 2.97. The largest absolute Gasteiger partial charge is 0.480 e. The van der Waals surface area contributed by atoms with Crippen LogP contribution in [0, 0.1) is 11.8 Å². The fourth-order valence-corrected chi connectivity index (χ4v) is 1.57. The Hall–Kier alpha value is -1.14. The molecule has 1 amide bonds. The van der Waals surface area contributed by atoms with Gasteiger partial charge in [-0.25, -0.2) is 4.79 Å².